The molecule has 0 aliphatic rings. The maximum Gasteiger partial charge on any atom is 0.426 e. The van der Waals surface area contributed by atoms with Crippen LogP contribution in [0.4, 0.5) is 4.79 Å². The second-order valence-electron chi connectivity index (χ2n) is 9.42. The van der Waals surface area contributed by atoms with Crippen molar-refractivity contribution >= 4 is 23.8 Å². The van der Waals surface area contributed by atoms with E-state index in [0.29, 0.717) is 18.7 Å². The highest BCUT2D eigenvalue weighted by Gasteiger charge is 2.21. The molecule has 0 unspecified atom stereocenters. The average molecular weight is 487 g/mol. The molecule has 0 heterocycles. The quantitative estimate of drug-likeness (QED) is 0.339. The number of rotatable bonds is 10. The Balaban J connectivity index is 1.89. The predicted octanol–water partition coefficient (Wildman–Crippen LogP) is 5.58. The summed E-state index contributed by atoms with van der Waals surface area (Å²) in [6, 6.07) is 13.8. The van der Waals surface area contributed by atoms with Crippen molar-refractivity contribution in [2.24, 2.45) is 0 Å². The molecular formula is C27H38N2O4S. The Morgan fingerprint density at radius 3 is 2.29 bits per heavy atom. The maximum absolute atomic E-state index is 13.0. The van der Waals surface area contributed by atoms with Gasteiger partial charge in [0.05, 0.1) is 6.54 Å². The number of nitrogens with zero attached hydrogens (tertiary/aromatic N) is 1. The van der Waals surface area contributed by atoms with Crippen LogP contribution in [0.15, 0.2) is 42.5 Å². The summed E-state index contributed by atoms with van der Waals surface area (Å²) in [5.74, 6) is 1.76. The van der Waals surface area contributed by atoms with Crippen LogP contribution in [0.2, 0.25) is 0 Å². The van der Waals surface area contributed by atoms with E-state index in [4.69, 9.17) is 4.74 Å². The standard InChI is InChI=1S/C27H38N2O4S/c1-20-18-23(30)19-21(2)24(20)13-14-25(31)29(28-26(32)33-27(3,4)5)15-17-34-16-9-12-22-10-7-6-8-11-22/h6-8,10-11,18-19,30H,9,12-17H2,1-5H3,(H,28,32). The van der Waals surface area contributed by atoms with Crippen molar-refractivity contribution < 1.29 is 19.4 Å². The van der Waals surface area contributed by atoms with Crippen molar-refractivity contribution in [3.05, 3.63) is 64.7 Å². The summed E-state index contributed by atoms with van der Waals surface area (Å²) in [4.78, 5) is 25.3. The molecule has 7 heteroatoms. The van der Waals surface area contributed by atoms with Gasteiger partial charge in [0.15, 0.2) is 0 Å². The zero-order valence-electron chi connectivity index (χ0n) is 21.0. The van der Waals surface area contributed by atoms with Gasteiger partial charge in [-0.25, -0.2) is 10.2 Å². The molecule has 2 amide bonds. The fraction of sp³-hybridized carbons (Fsp3) is 0.481. The van der Waals surface area contributed by atoms with Crippen molar-refractivity contribution in [1.82, 2.24) is 10.4 Å². The van der Waals surface area contributed by atoms with Crippen LogP contribution in [-0.2, 0) is 22.4 Å². The Morgan fingerprint density at radius 1 is 1.03 bits per heavy atom. The first-order valence-corrected chi connectivity index (χ1v) is 12.9. The number of thioether (sulfide) groups is 1. The number of nitrogens with one attached hydrogen (secondary N) is 1. The van der Waals surface area contributed by atoms with E-state index in [1.165, 1.54) is 10.6 Å². The average Bonchev–Trinajstić information content (AvgIpc) is 2.73. The molecule has 0 saturated heterocycles. The SMILES string of the molecule is Cc1cc(O)cc(C)c1CCC(=O)N(CCSCCCc1ccccc1)NC(=O)OC(C)(C)C. The largest absolute Gasteiger partial charge is 0.508 e. The highest BCUT2D eigenvalue weighted by atomic mass is 32.2. The lowest BCUT2D eigenvalue weighted by atomic mass is 9.98. The van der Waals surface area contributed by atoms with Crippen molar-refractivity contribution in [2.45, 2.75) is 65.9 Å². The smallest absolute Gasteiger partial charge is 0.426 e. The summed E-state index contributed by atoms with van der Waals surface area (Å²) in [7, 11) is 0. The molecule has 0 saturated carbocycles. The molecule has 2 aromatic carbocycles. The number of phenolic OH excluding ortho intramolecular Hbond substituents is 1. The van der Waals surface area contributed by atoms with Crippen LogP contribution in [0.5, 0.6) is 5.75 Å². The fourth-order valence-corrected chi connectivity index (χ4v) is 4.53. The monoisotopic (exact) mass is 486 g/mol. The molecule has 34 heavy (non-hydrogen) atoms. The van der Waals surface area contributed by atoms with Gasteiger partial charge in [-0.2, -0.15) is 11.8 Å². The van der Waals surface area contributed by atoms with Crippen LogP contribution >= 0.6 is 11.8 Å². The molecular weight excluding hydrogens is 448 g/mol. The molecule has 0 aromatic heterocycles. The molecule has 0 fully saturated rings. The number of phenols is 1. The summed E-state index contributed by atoms with van der Waals surface area (Å²) in [5, 5.41) is 11.1. The van der Waals surface area contributed by atoms with Crippen LogP contribution in [0, 0.1) is 13.8 Å². The van der Waals surface area contributed by atoms with Gasteiger partial charge in [0.25, 0.3) is 0 Å². The lowest BCUT2D eigenvalue weighted by Gasteiger charge is -2.26. The Bertz CT molecular complexity index is 918. The van der Waals surface area contributed by atoms with E-state index in [0.717, 1.165) is 35.3 Å². The van der Waals surface area contributed by atoms with Crippen molar-refractivity contribution in [2.75, 3.05) is 18.1 Å². The highest BCUT2D eigenvalue weighted by molar-refractivity contribution is 7.99. The Hall–Kier alpha value is -2.67. The van der Waals surface area contributed by atoms with Crippen LogP contribution in [0.25, 0.3) is 0 Å². The minimum atomic E-state index is -0.648. The van der Waals surface area contributed by atoms with Gasteiger partial charge in [0.2, 0.25) is 5.91 Å². The Morgan fingerprint density at radius 2 is 1.68 bits per heavy atom. The maximum atomic E-state index is 13.0. The topological polar surface area (TPSA) is 78.9 Å². The van der Waals surface area contributed by atoms with Crippen molar-refractivity contribution in [3.8, 4) is 5.75 Å². The second kappa shape index (κ2) is 13.3. The van der Waals surface area contributed by atoms with Crippen LogP contribution in [0.1, 0.15) is 55.9 Å². The van der Waals surface area contributed by atoms with E-state index in [1.54, 1.807) is 44.7 Å². The van der Waals surface area contributed by atoms with E-state index in [1.807, 2.05) is 19.9 Å². The molecule has 6 nitrogen and oxygen atoms in total. The van der Waals surface area contributed by atoms with Crippen LogP contribution in [-0.4, -0.2) is 45.8 Å². The number of hydrogen-bond donors (Lipinski definition) is 2. The lowest BCUT2D eigenvalue weighted by molar-refractivity contribution is -0.134. The minimum absolute atomic E-state index is 0.164. The molecule has 0 aliphatic heterocycles. The first kappa shape index (κ1) is 27.6. The molecule has 0 radical (unpaired) electrons. The van der Waals surface area contributed by atoms with Crippen molar-refractivity contribution in [1.29, 1.82) is 0 Å². The van der Waals surface area contributed by atoms with Gasteiger partial charge < -0.3 is 9.84 Å². The number of carbonyl (C=O) groups excluding carboxylic acids is 2. The van der Waals surface area contributed by atoms with E-state index in [2.05, 4.69) is 29.7 Å². The molecule has 0 spiro atoms. The van der Waals surface area contributed by atoms with E-state index >= 15 is 0 Å². The number of hydrazine groups is 1. The summed E-state index contributed by atoms with van der Waals surface area (Å²) >= 11 is 1.77. The fourth-order valence-electron chi connectivity index (χ4n) is 3.67. The van der Waals surface area contributed by atoms with Crippen molar-refractivity contribution in [3.63, 3.8) is 0 Å². The van der Waals surface area contributed by atoms with Gasteiger partial charge >= 0.3 is 6.09 Å². The predicted molar refractivity (Wildman–Crippen MR) is 139 cm³/mol. The van der Waals surface area contributed by atoms with Crippen LogP contribution in [0.3, 0.4) is 0 Å². The third kappa shape index (κ3) is 10.1. The van der Waals surface area contributed by atoms with Gasteiger partial charge in [-0.3, -0.25) is 9.80 Å². The first-order chi connectivity index (χ1) is 16.0. The first-order valence-electron chi connectivity index (χ1n) is 11.8. The minimum Gasteiger partial charge on any atom is -0.508 e. The molecule has 0 aliphatic carbocycles. The number of carbonyl (C=O) groups is 2. The summed E-state index contributed by atoms with van der Waals surface area (Å²) in [5.41, 5.74) is 6.25. The third-order valence-corrected chi connectivity index (χ3v) is 6.30. The number of ether oxygens (including phenoxy) is 1. The van der Waals surface area contributed by atoms with E-state index < -0.39 is 11.7 Å². The highest BCUT2D eigenvalue weighted by Crippen LogP contribution is 2.22. The van der Waals surface area contributed by atoms with E-state index in [9.17, 15) is 14.7 Å². The van der Waals surface area contributed by atoms with Gasteiger partial charge in [-0.05, 0) is 94.0 Å². The molecule has 0 atom stereocenters. The van der Waals surface area contributed by atoms with Gasteiger partial charge in [-0.15, -0.1) is 0 Å². The lowest BCUT2D eigenvalue weighted by Crippen LogP contribution is -2.49. The van der Waals surface area contributed by atoms with Gasteiger partial charge in [0, 0.05) is 12.2 Å². The molecule has 2 rings (SSSR count). The molecule has 2 N–H and O–H groups in total. The molecule has 2 aromatic rings. The normalized spacial score (nSPS) is 11.2. The molecule has 186 valence electrons. The van der Waals surface area contributed by atoms with Crippen LogP contribution < -0.4 is 5.43 Å². The number of aromatic hydroxyl groups is 1. The zero-order chi connectivity index (χ0) is 25.1. The summed E-state index contributed by atoms with van der Waals surface area (Å²) < 4.78 is 5.35. The number of benzene rings is 2. The second-order valence-corrected chi connectivity index (χ2v) is 10.6. The van der Waals surface area contributed by atoms with Gasteiger partial charge in [0.1, 0.15) is 11.4 Å². The third-order valence-electron chi connectivity index (χ3n) is 5.25. The summed E-state index contributed by atoms with van der Waals surface area (Å²) in [6.45, 7) is 9.62. The molecule has 0 bridgehead atoms. The summed E-state index contributed by atoms with van der Waals surface area (Å²) in [6.07, 6.45) is 2.24. The van der Waals surface area contributed by atoms with Gasteiger partial charge in [-0.1, -0.05) is 30.3 Å². The Kier molecular flexibility index (Phi) is 10.8. The number of amides is 2. The Labute approximate surface area is 208 Å². The number of aryl methyl sites for hydroxylation is 3. The number of hydrogen-bond acceptors (Lipinski definition) is 5. The van der Waals surface area contributed by atoms with E-state index in [-0.39, 0.29) is 18.1 Å². The zero-order valence-corrected chi connectivity index (χ0v) is 21.8.